The first-order valence-electron chi connectivity index (χ1n) is 6.76. The number of carbonyl (C=O) groups excluding carboxylic acids is 1. The molecule has 2 rings (SSSR count). The molecule has 0 amide bonds. The molecule has 0 bridgehead atoms. The number of hydrogen-bond donors (Lipinski definition) is 1. The number of benzene rings is 1. The predicted molar refractivity (Wildman–Crippen MR) is 86.1 cm³/mol. The number of aromatic carboxylic acids is 1. The van der Waals surface area contributed by atoms with Crippen LogP contribution in [0, 0.1) is 0 Å². The number of ether oxygens (including phenoxy) is 2. The second kappa shape index (κ2) is 7.18. The maximum absolute atomic E-state index is 12.3. The molecule has 0 unspecified atom stereocenters. The van der Waals surface area contributed by atoms with Gasteiger partial charge in [0.2, 0.25) is 0 Å². The van der Waals surface area contributed by atoms with Crippen molar-refractivity contribution in [1.29, 1.82) is 0 Å². The molecule has 8 heteroatoms. The molecule has 0 spiro atoms. The summed E-state index contributed by atoms with van der Waals surface area (Å²) in [6.07, 6.45) is 1.08. The largest absolute Gasteiger partial charge is 0.497 e. The maximum Gasteiger partial charge on any atom is 0.340 e. The van der Waals surface area contributed by atoms with Gasteiger partial charge in [0, 0.05) is 6.20 Å². The highest BCUT2D eigenvalue weighted by Crippen LogP contribution is 2.19. The summed E-state index contributed by atoms with van der Waals surface area (Å²) >= 11 is 5.92. The zero-order chi connectivity index (χ0) is 17.9. The Morgan fingerprint density at radius 1 is 1.21 bits per heavy atom. The fraction of sp³-hybridized carbons (Fsp3) is 0.188. The van der Waals surface area contributed by atoms with Crippen LogP contribution in [-0.4, -0.2) is 35.8 Å². The van der Waals surface area contributed by atoms with Crippen LogP contribution in [0.3, 0.4) is 0 Å². The normalized spacial score (nSPS) is 10.3. The summed E-state index contributed by atoms with van der Waals surface area (Å²) in [6.45, 7) is 0.0876. The molecule has 0 aliphatic rings. The number of carbonyl (C=O) groups is 2. The zero-order valence-corrected chi connectivity index (χ0v) is 13.7. The average Bonchev–Trinajstić information content (AvgIpc) is 2.58. The standard InChI is InChI=1S/C16H14ClNO6/c1-23-10-5-3-9(4-6-10)7-18-8-11(15(20)21)12(16(22)24-2)13(17)14(18)19/h3-6,8H,7H2,1-2H3,(H,20,21). The van der Waals surface area contributed by atoms with E-state index in [1.807, 2.05) is 0 Å². The van der Waals surface area contributed by atoms with E-state index in [0.717, 1.165) is 23.4 Å². The molecule has 1 heterocycles. The number of methoxy groups -OCH3 is 2. The van der Waals surface area contributed by atoms with E-state index in [9.17, 15) is 19.5 Å². The van der Waals surface area contributed by atoms with Crippen LogP contribution in [0.5, 0.6) is 5.75 Å². The van der Waals surface area contributed by atoms with Crippen molar-refractivity contribution in [2.75, 3.05) is 14.2 Å². The Hall–Kier alpha value is -2.80. The maximum atomic E-state index is 12.3. The van der Waals surface area contributed by atoms with E-state index >= 15 is 0 Å². The molecular formula is C16H14ClNO6. The lowest BCUT2D eigenvalue weighted by molar-refractivity contribution is 0.0582. The molecular weight excluding hydrogens is 338 g/mol. The van der Waals surface area contributed by atoms with E-state index in [0.29, 0.717) is 5.75 Å². The lowest BCUT2D eigenvalue weighted by atomic mass is 10.1. The Bertz CT molecular complexity index is 841. The third-order valence-corrected chi connectivity index (χ3v) is 3.70. The fourth-order valence-corrected chi connectivity index (χ4v) is 2.43. The van der Waals surface area contributed by atoms with Crippen LogP contribution in [0.4, 0.5) is 0 Å². The Kier molecular flexibility index (Phi) is 5.25. The Labute approximate surface area is 142 Å². The molecule has 2 aromatic rings. The van der Waals surface area contributed by atoms with Crippen LogP contribution in [-0.2, 0) is 11.3 Å². The molecule has 0 saturated heterocycles. The van der Waals surface area contributed by atoms with Crippen LogP contribution < -0.4 is 10.3 Å². The van der Waals surface area contributed by atoms with Crippen LogP contribution in [0.1, 0.15) is 26.3 Å². The molecule has 1 aromatic carbocycles. The molecule has 0 aliphatic carbocycles. The van der Waals surface area contributed by atoms with E-state index in [-0.39, 0.29) is 6.54 Å². The number of halogens is 1. The van der Waals surface area contributed by atoms with Crippen molar-refractivity contribution in [3.63, 3.8) is 0 Å². The number of rotatable bonds is 5. The van der Waals surface area contributed by atoms with Crippen LogP contribution in [0.25, 0.3) is 0 Å². The van der Waals surface area contributed by atoms with Gasteiger partial charge >= 0.3 is 11.9 Å². The fourth-order valence-electron chi connectivity index (χ4n) is 2.14. The van der Waals surface area contributed by atoms with Gasteiger partial charge in [0.25, 0.3) is 5.56 Å². The molecule has 24 heavy (non-hydrogen) atoms. The molecule has 0 atom stereocenters. The summed E-state index contributed by atoms with van der Waals surface area (Å²) in [5, 5.41) is 8.80. The molecule has 1 N–H and O–H groups in total. The first kappa shape index (κ1) is 17.6. The summed E-state index contributed by atoms with van der Waals surface area (Å²) < 4.78 is 10.7. The zero-order valence-electron chi connectivity index (χ0n) is 12.9. The summed E-state index contributed by atoms with van der Waals surface area (Å²) in [7, 11) is 2.61. The van der Waals surface area contributed by atoms with Gasteiger partial charge in [-0.25, -0.2) is 9.59 Å². The Balaban J connectivity index is 2.53. The topological polar surface area (TPSA) is 94.8 Å². The number of esters is 1. The number of aromatic nitrogens is 1. The molecule has 0 saturated carbocycles. The van der Waals surface area contributed by atoms with Crippen molar-refractivity contribution in [1.82, 2.24) is 4.57 Å². The van der Waals surface area contributed by atoms with Crippen LogP contribution >= 0.6 is 11.6 Å². The number of carboxylic acid groups (broad SMARTS) is 1. The highest BCUT2D eigenvalue weighted by molar-refractivity contribution is 6.34. The number of pyridine rings is 1. The predicted octanol–water partition coefficient (Wildman–Crippen LogP) is 2.04. The molecule has 0 fully saturated rings. The van der Waals surface area contributed by atoms with E-state index in [1.54, 1.807) is 24.3 Å². The monoisotopic (exact) mass is 351 g/mol. The third-order valence-electron chi connectivity index (χ3n) is 3.35. The second-order valence-electron chi connectivity index (χ2n) is 4.81. The minimum atomic E-state index is -1.39. The smallest absolute Gasteiger partial charge is 0.340 e. The lowest BCUT2D eigenvalue weighted by Gasteiger charge is -2.12. The van der Waals surface area contributed by atoms with Gasteiger partial charge in [0.1, 0.15) is 10.8 Å². The van der Waals surface area contributed by atoms with Crippen molar-refractivity contribution in [2.45, 2.75) is 6.54 Å². The van der Waals surface area contributed by atoms with E-state index in [2.05, 4.69) is 4.74 Å². The average molecular weight is 352 g/mol. The van der Waals surface area contributed by atoms with E-state index in [1.165, 1.54) is 7.11 Å². The van der Waals surface area contributed by atoms with Crippen molar-refractivity contribution in [3.8, 4) is 5.75 Å². The van der Waals surface area contributed by atoms with Crippen molar-refractivity contribution >= 4 is 23.5 Å². The van der Waals surface area contributed by atoms with Crippen molar-refractivity contribution < 1.29 is 24.2 Å². The second-order valence-corrected chi connectivity index (χ2v) is 5.19. The SMILES string of the molecule is COC(=O)c1c(C(=O)O)cn(Cc2ccc(OC)cc2)c(=O)c1Cl. The van der Waals surface area contributed by atoms with Gasteiger partial charge in [0.05, 0.1) is 31.9 Å². The lowest BCUT2D eigenvalue weighted by Crippen LogP contribution is -2.26. The van der Waals surface area contributed by atoms with Gasteiger partial charge in [-0.3, -0.25) is 4.79 Å². The molecule has 0 radical (unpaired) electrons. The highest BCUT2D eigenvalue weighted by Gasteiger charge is 2.25. The van der Waals surface area contributed by atoms with Gasteiger partial charge in [-0.05, 0) is 17.7 Å². The quantitative estimate of drug-likeness (QED) is 0.828. The van der Waals surface area contributed by atoms with Gasteiger partial charge in [0.15, 0.2) is 0 Å². The summed E-state index contributed by atoms with van der Waals surface area (Å²) in [4.78, 5) is 35.4. The number of hydrogen-bond acceptors (Lipinski definition) is 5. The van der Waals surface area contributed by atoms with E-state index in [4.69, 9.17) is 16.3 Å². The van der Waals surface area contributed by atoms with Crippen molar-refractivity contribution in [3.05, 3.63) is 62.5 Å². The van der Waals surface area contributed by atoms with Gasteiger partial charge in [-0.1, -0.05) is 23.7 Å². The molecule has 0 aliphatic heterocycles. The first-order chi connectivity index (χ1) is 11.4. The van der Waals surface area contributed by atoms with Gasteiger partial charge in [-0.15, -0.1) is 0 Å². The Morgan fingerprint density at radius 3 is 2.33 bits per heavy atom. The van der Waals surface area contributed by atoms with Crippen molar-refractivity contribution in [2.24, 2.45) is 0 Å². The third kappa shape index (κ3) is 3.41. The first-order valence-corrected chi connectivity index (χ1v) is 7.14. The molecule has 1 aromatic heterocycles. The molecule has 7 nitrogen and oxygen atoms in total. The summed E-state index contributed by atoms with van der Waals surface area (Å²) in [5.41, 5.74) is -0.809. The summed E-state index contributed by atoms with van der Waals surface area (Å²) in [5.74, 6) is -1.72. The highest BCUT2D eigenvalue weighted by atomic mass is 35.5. The van der Waals surface area contributed by atoms with Gasteiger partial charge < -0.3 is 19.1 Å². The van der Waals surface area contributed by atoms with Crippen LogP contribution in [0.15, 0.2) is 35.3 Å². The van der Waals surface area contributed by atoms with Gasteiger partial charge in [-0.2, -0.15) is 0 Å². The van der Waals surface area contributed by atoms with Crippen LogP contribution in [0.2, 0.25) is 5.02 Å². The summed E-state index contributed by atoms with van der Waals surface area (Å²) in [6, 6.07) is 6.88. The minimum absolute atomic E-state index is 0.0876. The minimum Gasteiger partial charge on any atom is -0.497 e. The number of nitrogens with zero attached hydrogens (tertiary/aromatic N) is 1. The molecule has 126 valence electrons. The Morgan fingerprint density at radius 2 is 1.83 bits per heavy atom. The van der Waals surface area contributed by atoms with E-state index < -0.39 is 33.6 Å². The number of carboxylic acids is 1.